The van der Waals surface area contributed by atoms with E-state index in [9.17, 15) is 9.59 Å². The highest BCUT2D eigenvalue weighted by Crippen LogP contribution is 2.18. The van der Waals surface area contributed by atoms with Crippen LogP contribution < -0.4 is 10.6 Å². The number of nitrogens with zero attached hydrogens (tertiary/aromatic N) is 1. The highest BCUT2D eigenvalue weighted by atomic mass is 16.2. The standard InChI is InChI=1S/C19H31N3O2/c1-6-16(17-10-8-7-9-11-17)12-20-19(24)15(4)22(5)13-18(23)21-14(2)3/h7-11,14-16H,6,12-13H2,1-5H3,(H,20,24)(H,21,23)/t15-,16+/m0/s1. The maximum atomic E-state index is 12.4. The molecular weight excluding hydrogens is 302 g/mol. The molecule has 0 aliphatic rings. The van der Waals surface area contributed by atoms with Crippen molar-refractivity contribution in [3.05, 3.63) is 35.9 Å². The fourth-order valence-electron chi connectivity index (χ4n) is 2.53. The topological polar surface area (TPSA) is 61.4 Å². The molecule has 5 nitrogen and oxygen atoms in total. The molecule has 0 aromatic heterocycles. The SMILES string of the molecule is CC[C@H](CNC(=O)[C@H](C)N(C)CC(=O)NC(C)C)c1ccccc1. The molecule has 0 aliphatic heterocycles. The summed E-state index contributed by atoms with van der Waals surface area (Å²) in [6.07, 6.45) is 0.964. The van der Waals surface area contributed by atoms with E-state index < -0.39 is 0 Å². The lowest BCUT2D eigenvalue weighted by Gasteiger charge is -2.25. The van der Waals surface area contributed by atoms with Crippen molar-refractivity contribution in [1.29, 1.82) is 0 Å². The summed E-state index contributed by atoms with van der Waals surface area (Å²) in [5.74, 6) is 0.184. The number of nitrogens with one attached hydrogen (secondary N) is 2. The molecule has 0 fully saturated rings. The zero-order chi connectivity index (χ0) is 18.1. The average Bonchev–Trinajstić information content (AvgIpc) is 2.54. The van der Waals surface area contributed by atoms with Crippen LogP contribution in [0.4, 0.5) is 0 Å². The fraction of sp³-hybridized carbons (Fsp3) is 0.579. The molecule has 0 radical (unpaired) electrons. The van der Waals surface area contributed by atoms with Crippen LogP contribution in [0.5, 0.6) is 0 Å². The lowest BCUT2D eigenvalue weighted by molar-refractivity contribution is -0.127. The number of amides is 2. The highest BCUT2D eigenvalue weighted by molar-refractivity contribution is 5.83. The van der Waals surface area contributed by atoms with E-state index in [4.69, 9.17) is 0 Å². The minimum absolute atomic E-state index is 0.0516. The van der Waals surface area contributed by atoms with E-state index in [2.05, 4.69) is 29.7 Å². The quantitative estimate of drug-likeness (QED) is 0.728. The highest BCUT2D eigenvalue weighted by Gasteiger charge is 2.21. The van der Waals surface area contributed by atoms with Gasteiger partial charge in [-0.2, -0.15) is 0 Å². The Kier molecular flexibility index (Phi) is 8.47. The van der Waals surface area contributed by atoms with Crippen LogP contribution >= 0.6 is 0 Å². The van der Waals surface area contributed by atoms with E-state index in [1.807, 2.05) is 39.0 Å². The number of hydrogen-bond donors (Lipinski definition) is 2. The molecule has 2 amide bonds. The first-order valence-electron chi connectivity index (χ1n) is 8.67. The largest absolute Gasteiger partial charge is 0.354 e. The molecule has 0 unspecified atom stereocenters. The van der Waals surface area contributed by atoms with Gasteiger partial charge in [-0.1, -0.05) is 37.3 Å². The minimum Gasteiger partial charge on any atom is -0.354 e. The third-order valence-corrected chi connectivity index (χ3v) is 4.17. The van der Waals surface area contributed by atoms with Crippen molar-refractivity contribution in [2.75, 3.05) is 20.1 Å². The monoisotopic (exact) mass is 333 g/mol. The summed E-state index contributed by atoms with van der Waals surface area (Å²) in [7, 11) is 1.79. The Bertz CT molecular complexity index is 517. The maximum absolute atomic E-state index is 12.4. The van der Waals surface area contributed by atoms with Gasteiger partial charge in [0.1, 0.15) is 0 Å². The lowest BCUT2D eigenvalue weighted by Crippen LogP contribution is -2.48. The first kappa shape index (κ1) is 20.2. The van der Waals surface area contributed by atoms with E-state index >= 15 is 0 Å². The molecule has 134 valence electrons. The summed E-state index contributed by atoms with van der Waals surface area (Å²) >= 11 is 0. The molecule has 0 aliphatic carbocycles. The van der Waals surface area contributed by atoms with Crippen LogP contribution in [0.1, 0.15) is 45.6 Å². The van der Waals surface area contributed by atoms with Crippen LogP contribution in [0.25, 0.3) is 0 Å². The van der Waals surface area contributed by atoms with E-state index in [1.165, 1.54) is 5.56 Å². The molecule has 0 saturated heterocycles. The first-order chi connectivity index (χ1) is 11.3. The molecular formula is C19H31N3O2. The first-order valence-corrected chi connectivity index (χ1v) is 8.67. The van der Waals surface area contributed by atoms with E-state index in [0.717, 1.165) is 6.42 Å². The van der Waals surface area contributed by atoms with Gasteiger partial charge in [0.25, 0.3) is 0 Å². The van der Waals surface area contributed by atoms with Crippen molar-refractivity contribution in [3.8, 4) is 0 Å². The van der Waals surface area contributed by atoms with Crippen molar-refractivity contribution in [1.82, 2.24) is 15.5 Å². The van der Waals surface area contributed by atoms with E-state index in [0.29, 0.717) is 12.5 Å². The molecule has 1 rings (SSSR count). The molecule has 1 aromatic rings. The van der Waals surface area contributed by atoms with Crippen molar-refractivity contribution < 1.29 is 9.59 Å². The van der Waals surface area contributed by atoms with Crippen LogP contribution in [0, 0.1) is 0 Å². The van der Waals surface area contributed by atoms with Gasteiger partial charge in [-0.05, 0) is 39.8 Å². The van der Waals surface area contributed by atoms with Crippen LogP contribution in [-0.4, -0.2) is 48.9 Å². The van der Waals surface area contributed by atoms with E-state index in [1.54, 1.807) is 11.9 Å². The molecule has 1 aromatic carbocycles. The van der Waals surface area contributed by atoms with Gasteiger partial charge in [-0.3, -0.25) is 14.5 Å². The van der Waals surface area contributed by atoms with E-state index in [-0.39, 0.29) is 30.4 Å². The predicted molar refractivity (Wildman–Crippen MR) is 97.9 cm³/mol. The molecule has 5 heteroatoms. The Hall–Kier alpha value is -1.88. The van der Waals surface area contributed by atoms with Gasteiger partial charge < -0.3 is 10.6 Å². The third-order valence-electron chi connectivity index (χ3n) is 4.17. The number of carbonyl (C=O) groups is 2. The van der Waals surface area contributed by atoms with Crippen LogP contribution in [-0.2, 0) is 9.59 Å². The van der Waals surface area contributed by atoms with Crippen LogP contribution in [0.3, 0.4) is 0 Å². The molecule has 0 saturated carbocycles. The van der Waals surface area contributed by atoms with Crippen molar-refractivity contribution >= 4 is 11.8 Å². The van der Waals surface area contributed by atoms with Gasteiger partial charge in [0.15, 0.2) is 0 Å². The second kappa shape index (κ2) is 10.1. The number of carbonyl (C=O) groups excluding carboxylic acids is 2. The molecule has 0 spiro atoms. The Balaban J connectivity index is 2.49. The van der Waals surface area contributed by atoms with Crippen LogP contribution in [0.15, 0.2) is 30.3 Å². The summed E-state index contributed by atoms with van der Waals surface area (Å²) in [6.45, 7) is 8.60. The Labute approximate surface area is 145 Å². The van der Waals surface area contributed by atoms with Gasteiger partial charge in [-0.25, -0.2) is 0 Å². The molecule has 2 atom stereocenters. The molecule has 2 N–H and O–H groups in total. The second-order valence-corrected chi connectivity index (χ2v) is 6.57. The lowest BCUT2D eigenvalue weighted by atomic mass is 9.96. The summed E-state index contributed by atoms with van der Waals surface area (Å²) in [5, 5.41) is 5.85. The summed E-state index contributed by atoms with van der Waals surface area (Å²) < 4.78 is 0. The normalized spacial score (nSPS) is 13.6. The maximum Gasteiger partial charge on any atom is 0.237 e. The molecule has 0 bridgehead atoms. The van der Waals surface area contributed by atoms with Gasteiger partial charge in [0.2, 0.25) is 11.8 Å². The zero-order valence-corrected chi connectivity index (χ0v) is 15.5. The van der Waals surface area contributed by atoms with Gasteiger partial charge in [0.05, 0.1) is 12.6 Å². The fourth-order valence-corrected chi connectivity index (χ4v) is 2.53. The van der Waals surface area contributed by atoms with Gasteiger partial charge in [-0.15, -0.1) is 0 Å². The van der Waals surface area contributed by atoms with Gasteiger partial charge >= 0.3 is 0 Å². The minimum atomic E-state index is -0.351. The smallest absolute Gasteiger partial charge is 0.237 e. The second-order valence-electron chi connectivity index (χ2n) is 6.57. The Morgan fingerprint density at radius 2 is 1.75 bits per heavy atom. The molecule has 0 heterocycles. The number of rotatable bonds is 9. The number of hydrogen-bond acceptors (Lipinski definition) is 3. The Morgan fingerprint density at radius 3 is 2.29 bits per heavy atom. The van der Waals surface area contributed by atoms with Crippen molar-refractivity contribution in [2.24, 2.45) is 0 Å². The summed E-state index contributed by atoms with van der Waals surface area (Å²) in [4.78, 5) is 25.9. The number of likely N-dealkylation sites (N-methyl/N-ethyl adjacent to an activating group) is 1. The van der Waals surface area contributed by atoms with Crippen molar-refractivity contribution in [2.45, 2.75) is 52.1 Å². The molecule has 24 heavy (non-hydrogen) atoms. The summed E-state index contributed by atoms with van der Waals surface area (Å²) in [6, 6.07) is 9.96. The van der Waals surface area contributed by atoms with Crippen LogP contribution in [0.2, 0.25) is 0 Å². The van der Waals surface area contributed by atoms with Crippen molar-refractivity contribution in [3.63, 3.8) is 0 Å². The predicted octanol–water partition coefficient (Wildman–Crippen LogP) is 2.14. The zero-order valence-electron chi connectivity index (χ0n) is 15.5. The van der Waals surface area contributed by atoms with Gasteiger partial charge in [0, 0.05) is 18.5 Å². The summed E-state index contributed by atoms with van der Waals surface area (Å²) in [5.41, 5.74) is 1.23. The average molecular weight is 333 g/mol. The third kappa shape index (κ3) is 6.71. The number of benzene rings is 1. The Morgan fingerprint density at radius 1 is 1.12 bits per heavy atom.